The van der Waals surface area contributed by atoms with E-state index in [0.717, 1.165) is 10.6 Å². The van der Waals surface area contributed by atoms with Gasteiger partial charge in [0, 0.05) is 15.7 Å². The molecule has 0 aromatic heterocycles. The fourth-order valence-electron chi connectivity index (χ4n) is 2.75. The molecule has 0 heterocycles. The molecule has 0 spiro atoms. The molecule has 6 nitrogen and oxygen atoms in total. The van der Waals surface area contributed by atoms with Crippen LogP contribution in [0.15, 0.2) is 42.5 Å². The molecule has 1 N–H and O–H groups in total. The lowest BCUT2D eigenvalue weighted by molar-refractivity contribution is -0.117. The fraction of sp³-hybridized carbons (Fsp3) is 0.316. The van der Waals surface area contributed by atoms with Crippen LogP contribution < -0.4 is 14.4 Å². The van der Waals surface area contributed by atoms with Gasteiger partial charge in [0.25, 0.3) is 0 Å². The lowest BCUT2D eigenvalue weighted by Crippen LogP contribution is -2.47. The van der Waals surface area contributed by atoms with Gasteiger partial charge in [0.15, 0.2) is 0 Å². The lowest BCUT2D eigenvalue weighted by atomic mass is 10.1. The predicted octanol–water partition coefficient (Wildman–Crippen LogP) is 4.58. The van der Waals surface area contributed by atoms with Crippen molar-refractivity contribution < 1.29 is 17.9 Å². The van der Waals surface area contributed by atoms with Gasteiger partial charge < -0.3 is 10.1 Å². The second kappa shape index (κ2) is 9.49. The third-order valence-electron chi connectivity index (χ3n) is 3.86. The SMILES string of the molecule is CCOc1ccc(NC(=O)[C@@H](CC)N(c2cc(Cl)cc(Cl)c2)S(C)(=O)=O)cc1. The van der Waals surface area contributed by atoms with Crippen molar-refractivity contribution in [2.75, 3.05) is 22.5 Å². The summed E-state index contributed by atoms with van der Waals surface area (Å²) < 4.78 is 31.4. The number of benzene rings is 2. The Balaban J connectivity index is 2.33. The number of ether oxygens (including phenoxy) is 1. The van der Waals surface area contributed by atoms with Crippen molar-refractivity contribution in [2.45, 2.75) is 26.3 Å². The summed E-state index contributed by atoms with van der Waals surface area (Å²) in [6, 6.07) is 10.3. The first-order chi connectivity index (χ1) is 13.2. The van der Waals surface area contributed by atoms with Gasteiger partial charge in [-0.25, -0.2) is 8.42 Å². The van der Waals surface area contributed by atoms with Crippen molar-refractivity contribution in [2.24, 2.45) is 0 Å². The maximum absolute atomic E-state index is 12.9. The van der Waals surface area contributed by atoms with Gasteiger partial charge in [0.05, 0.1) is 18.6 Å². The minimum absolute atomic E-state index is 0.230. The Morgan fingerprint density at radius 2 is 1.68 bits per heavy atom. The monoisotopic (exact) mass is 444 g/mol. The normalized spacial score (nSPS) is 12.3. The van der Waals surface area contributed by atoms with Crippen molar-refractivity contribution in [1.29, 1.82) is 0 Å². The number of amides is 1. The summed E-state index contributed by atoms with van der Waals surface area (Å²) in [4.78, 5) is 12.9. The number of sulfonamides is 1. The van der Waals surface area contributed by atoms with E-state index < -0.39 is 22.0 Å². The Kier molecular flexibility index (Phi) is 7.57. The molecule has 0 saturated heterocycles. The van der Waals surface area contributed by atoms with Crippen LogP contribution in [0.1, 0.15) is 20.3 Å². The Hall–Kier alpha value is -1.96. The number of rotatable bonds is 8. The highest BCUT2D eigenvalue weighted by Crippen LogP contribution is 2.30. The van der Waals surface area contributed by atoms with E-state index in [1.807, 2.05) is 6.92 Å². The zero-order valence-corrected chi connectivity index (χ0v) is 18.1. The number of hydrogen-bond donors (Lipinski definition) is 1. The summed E-state index contributed by atoms with van der Waals surface area (Å²) in [6.45, 7) is 4.14. The predicted molar refractivity (Wildman–Crippen MR) is 114 cm³/mol. The molecular formula is C19H22Cl2N2O4S. The van der Waals surface area contributed by atoms with Gasteiger partial charge in [-0.15, -0.1) is 0 Å². The molecule has 0 bridgehead atoms. The van der Waals surface area contributed by atoms with E-state index in [-0.39, 0.29) is 22.2 Å². The first-order valence-corrected chi connectivity index (χ1v) is 11.2. The number of anilines is 2. The van der Waals surface area contributed by atoms with E-state index >= 15 is 0 Å². The van der Waals surface area contributed by atoms with Gasteiger partial charge in [-0.3, -0.25) is 9.10 Å². The number of halogens is 2. The highest BCUT2D eigenvalue weighted by atomic mass is 35.5. The maximum atomic E-state index is 12.9. The third-order valence-corrected chi connectivity index (χ3v) is 5.48. The Labute approximate surface area is 175 Å². The smallest absolute Gasteiger partial charge is 0.248 e. The molecule has 9 heteroatoms. The second-order valence-corrected chi connectivity index (χ2v) is 8.79. The lowest BCUT2D eigenvalue weighted by Gasteiger charge is -2.30. The van der Waals surface area contributed by atoms with Crippen LogP contribution in [0.5, 0.6) is 5.75 Å². The van der Waals surface area contributed by atoms with E-state index in [0.29, 0.717) is 18.0 Å². The summed E-state index contributed by atoms with van der Waals surface area (Å²) in [5, 5.41) is 3.30. The van der Waals surface area contributed by atoms with Crippen molar-refractivity contribution in [1.82, 2.24) is 0 Å². The number of carbonyl (C=O) groups excluding carboxylic acids is 1. The van der Waals surface area contributed by atoms with Gasteiger partial charge in [-0.05, 0) is 55.8 Å². The highest BCUT2D eigenvalue weighted by Gasteiger charge is 2.32. The molecule has 0 aliphatic heterocycles. The molecule has 28 heavy (non-hydrogen) atoms. The van der Waals surface area contributed by atoms with Crippen LogP contribution in [0.4, 0.5) is 11.4 Å². The number of hydrogen-bond acceptors (Lipinski definition) is 4. The van der Waals surface area contributed by atoms with Gasteiger partial charge in [-0.2, -0.15) is 0 Å². The van der Waals surface area contributed by atoms with Crippen molar-refractivity contribution in [3.63, 3.8) is 0 Å². The van der Waals surface area contributed by atoms with E-state index in [9.17, 15) is 13.2 Å². The molecule has 0 radical (unpaired) electrons. The molecule has 0 aliphatic rings. The van der Waals surface area contributed by atoms with Crippen LogP contribution in [-0.2, 0) is 14.8 Å². The third kappa shape index (κ3) is 5.77. The summed E-state index contributed by atoms with van der Waals surface area (Å²) in [5.74, 6) is 0.215. The van der Waals surface area contributed by atoms with Crippen molar-refractivity contribution in [3.8, 4) is 5.75 Å². The van der Waals surface area contributed by atoms with Gasteiger partial charge in [0.1, 0.15) is 11.8 Å². The van der Waals surface area contributed by atoms with E-state index in [1.165, 1.54) is 18.2 Å². The number of carbonyl (C=O) groups is 1. The van der Waals surface area contributed by atoms with E-state index in [4.69, 9.17) is 27.9 Å². The topological polar surface area (TPSA) is 75.7 Å². The highest BCUT2D eigenvalue weighted by molar-refractivity contribution is 7.92. The molecular weight excluding hydrogens is 423 g/mol. The quantitative estimate of drug-likeness (QED) is 0.646. The van der Waals surface area contributed by atoms with Crippen molar-refractivity contribution >= 4 is 50.5 Å². The maximum Gasteiger partial charge on any atom is 0.248 e. The molecule has 152 valence electrons. The molecule has 1 amide bonds. The number of nitrogens with one attached hydrogen (secondary N) is 1. The molecule has 2 aromatic carbocycles. The zero-order chi connectivity index (χ0) is 20.9. The average Bonchev–Trinajstić information content (AvgIpc) is 2.59. The first-order valence-electron chi connectivity index (χ1n) is 8.65. The van der Waals surface area contributed by atoms with Crippen LogP contribution in [0, 0.1) is 0 Å². The van der Waals surface area contributed by atoms with Crippen molar-refractivity contribution in [3.05, 3.63) is 52.5 Å². The zero-order valence-electron chi connectivity index (χ0n) is 15.8. The molecule has 0 fully saturated rings. The molecule has 0 unspecified atom stereocenters. The van der Waals surface area contributed by atoms with E-state index in [1.54, 1.807) is 31.2 Å². The standard InChI is InChI=1S/C19H22Cl2N2O4S/c1-4-18(19(24)22-15-6-8-17(9-7-15)27-5-2)23(28(3,25)26)16-11-13(20)10-14(21)12-16/h6-12,18H,4-5H2,1-3H3,(H,22,24)/t18-/m1/s1. The van der Waals surface area contributed by atoms with Crippen LogP contribution in [0.3, 0.4) is 0 Å². The Morgan fingerprint density at radius 3 is 2.14 bits per heavy atom. The summed E-state index contributed by atoms with van der Waals surface area (Å²) in [5.41, 5.74) is 0.762. The van der Waals surface area contributed by atoms with Crippen LogP contribution in [0.2, 0.25) is 10.0 Å². The van der Waals surface area contributed by atoms with Crippen LogP contribution in [-0.4, -0.2) is 33.2 Å². The second-order valence-electron chi connectivity index (χ2n) is 6.06. The molecule has 2 aromatic rings. The molecule has 1 atom stereocenters. The summed E-state index contributed by atoms with van der Waals surface area (Å²) in [7, 11) is -3.78. The van der Waals surface area contributed by atoms with Gasteiger partial charge in [-0.1, -0.05) is 30.1 Å². The Bertz CT molecular complexity index is 913. The molecule has 2 rings (SSSR count). The minimum Gasteiger partial charge on any atom is -0.494 e. The minimum atomic E-state index is -3.78. The summed E-state index contributed by atoms with van der Waals surface area (Å²) in [6.07, 6.45) is 1.29. The van der Waals surface area contributed by atoms with Crippen LogP contribution in [0.25, 0.3) is 0 Å². The molecule has 0 aliphatic carbocycles. The molecule has 0 saturated carbocycles. The van der Waals surface area contributed by atoms with E-state index in [2.05, 4.69) is 5.32 Å². The number of nitrogens with zero attached hydrogens (tertiary/aromatic N) is 1. The Morgan fingerprint density at radius 1 is 1.11 bits per heavy atom. The van der Waals surface area contributed by atoms with Gasteiger partial charge in [0.2, 0.25) is 15.9 Å². The largest absolute Gasteiger partial charge is 0.494 e. The van der Waals surface area contributed by atoms with Crippen LogP contribution >= 0.6 is 23.2 Å². The fourth-order valence-corrected chi connectivity index (χ4v) is 4.46. The summed E-state index contributed by atoms with van der Waals surface area (Å²) >= 11 is 12.0. The first kappa shape index (κ1) is 22.3. The van der Waals surface area contributed by atoms with Gasteiger partial charge >= 0.3 is 0 Å². The average molecular weight is 445 g/mol.